The summed E-state index contributed by atoms with van der Waals surface area (Å²) in [6.07, 6.45) is 2.36. The van der Waals surface area contributed by atoms with Crippen LogP contribution in [-0.4, -0.2) is 12.4 Å². The molecule has 1 aromatic heterocycles. The summed E-state index contributed by atoms with van der Waals surface area (Å²) in [4.78, 5) is 13.1. The number of aromatic nitrogens is 1. The number of nitrogens with zero attached hydrogens (tertiary/aromatic N) is 1. The third-order valence-corrected chi connectivity index (χ3v) is 6.01. The Bertz CT molecular complexity index is 1060. The van der Waals surface area contributed by atoms with Crippen molar-refractivity contribution in [1.82, 2.24) is 3.97 Å². The highest BCUT2D eigenvalue weighted by Crippen LogP contribution is 2.20. The van der Waals surface area contributed by atoms with Gasteiger partial charge in [0.25, 0.3) is 15.6 Å². The average Bonchev–Trinajstić information content (AvgIpc) is 2.60. The number of fused-ring (bicyclic) bond motifs is 1. The Morgan fingerprint density at radius 1 is 1.00 bits per heavy atom. The fraction of sp³-hybridized carbons (Fsp3) is 0.250. The van der Waals surface area contributed by atoms with Crippen molar-refractivity contribution >= 4 is 20.9 Å². The van der Waals surface area contributed by atoms with E-state index in [2.05, 4.69) is 0 Å². The first-order chi connectivity index (χ1) is 11.9. The lowest BCUT2D eigenvalue weighted by Crippen LogP contribution is -2.30. The van der Waals surface area contributed by atoms with E-state index in [4.69, 9.17) is 0 Å². The second-order valence-corrected chi connectivity index (χ2v) is 8.01. The van der Waals surface area contributed by atoms with Crippen molar-refractivity contribution in [2.24, 2.45) is 0 Å². The van der Waals surface area contributed by atoms with E-state index in [0.717, 1.165) is 27.8 Å². The summed E-state index contributed by atoms with van der Waals surface area (Å²) in [6.45, 7) is 3.94. The largest absolute Gasteiger partial charge is 0.271 e. The number of benzene rings is 2. The summed E-state index contributed by atoms with van der Waals surface area (Å²) in [6, 6.07) is 15.5. The zero-order valence-corrected chi connectivity index (χ0v) is 15.2. The molecule has 130 valence electrons. The minimum absolute atomic E-state index is 0.123. The Morgan fingerprint density at radius 3 is 2.36 bits per heavy atom. The summed E-state index contributed by atoms with van der Waals surface area (Å²) >= 11 is 0. The molecule has 0 amide bonds. The third kappa shape index (κ3) is 3.24. The van der Waals surface area contributed by atoms with Gasteiger partial charge in [-0.2, -0.15) is 3.97 Å². The van der Waals surface area contributed by atoms with E-state index >= 15 is 0 Å². The third-order valence-electron chi connectivity index (χ3n) is 4.30. The minimum Gasteiger partial charge on any atom is -0.268 e. The molecule has 5 heteroatoms. The molecular formula is C20H21NO3S. The van der Waals surface area contributed by atoms with E-state index in [1.165, 1.54) is 0 Å². The first-order valence-corrected chi connectivity index (χ1v) is 9.85. The SMILES string of the molecule is CCCCc1cc2ccccc2n(S(=O)(=O)c2ccc(C)cc2)c1=O. The van der Waals surface area contributed by atoms with Crippen molar-refractivity contribution in [2.75, 3.05) is 0 Å². The Morgan fingerprint density at radius 2 is 1.68 bits per heavy atom. The zero-order valence-electron chi connectivity index (χ0n) is 14.4. The normalized spacial score (nSPS) is 11.8. The van der Waals surface area contributed by atoms with Crippen molar-refractivity contribution in [3.05, 3.63) is 76.1 Å². The van der Waals surface area contributed by atoms with Crippen LogP contribution in [0.25, 0.3) is 10.9 Å². The molecule has 2 aromatic carbocycles. The lowest BCUT2D eigenvalue weighted by atomic mass is 10.1. The molecule has 0 unspecified atom stereocenters. The quantitative estimate of drug-likeness (QED) is 0.698. The number of para-hydroxylation sites is 1. The predicted molar refractivity (Wildman–Crippen MR) is 101 cm³/mol. The van der Waals surface area contributed by atoms with Gasteiger partial charge < -0.3 is 0 Å². The second-order valence-electron chi connectivity index (χ2n) is 6.22. The average molecular weight is 355 g/mol. The molecule has 0 radical (unpaired) electrons. The zero-order chi connectivity index (χ0) is 18.0. The summed E-state index contributed by atoms with van der Waals surface area (Å²) in [5.74, 6) is 0. The van der Waals surface area contributed by atoms with Crippen LogP contribution in [0, 0.1) is 6.92 Å². The standard InChI is InChI=1S/C20H21NO3S/c1-3-4-7-17-14-16-8-5-6-9-19(16)21(20(17)22)25(23,24)18-12-10-15(2)11-13-18/h5-6,8-14H,3-4,7H2,1-2H3. The highest BCUT2D eigenvalue weighted by atomic mass is 32.2. The molecule has 0 saturated heterocycles. The van der Waals surface area contributed by atoms with Crippen LogP contribution in [0.2, 0.25) is 0 Å². The van der Waals surface area contributed by atoms with Gasteiger partial charge in [-0.25, -0.2) is 8.42 Å². The van der Waals surface area contributed by atoms with Crippen molar-refractivity contribution in [3.8, 4) is 0 Å². The predicted octanol–water partition coefficient (Wildman–Crippen LogP) is 3.89. The van der Waals surface area contributed by atoms with Gasteiger partial charge in [0, 0.05) is 5.56 Å². The molecular weight excluding hydrogens is 334 g/mol. The maximum Gasteiger partial charge on any atom is 0.271 e. The van der Waals surface area contributed by atoms with Gasteiger partial charge >= 0.3 is 0 Å². The highest BCUT2D eigenvalue weighted by Gasteiger charge is 2.22. The van der Waals surface area contributed by atoms with Crippen molar-refractivity contribution < 1.29 is 8.42 Å². The van der Waals surface area contributed by atoms with Gasteiger partial charge in [0.05, 0.1) is 10.4 Å². The Balaban J connectivity index is 2.32. The lowest BCUT2D eigenvalue weighted by Gasteiger charge is -2.14. The fourth-order valence-electron chi connectivity index (χ4n) is 2.88. The van der Waals surface area contributed by atoms with Gasteiger partial charge in [-0.1, -0.05) is 49.2 Å². The molecule has 25 heavy (non-hydrogen) atoms. The molecule has 1 heterocycles. The first kappa shape index (κ1) is 17.4. The van der Waals surface area contributed by atoms with Gasteiger partial charge in [-0.15, -0.1) is 0 Å². The molecule has 0 spiro atoms. The molecule has 0 bridgehead atoms. The van der Waals surface area contributed by atoms with Crippen molar-refractivity contribution in [2.45, 2.75) is 38.0 Å². The highest BCUT2D eigenvalue weighted by molar-refractivity contribution is 7.90. The molecule has 0 aliphatic rings. The molecule has 3 rings (SSSR count). The second kappa shape index (κ2) is 6.84. The summed E-state index contributed by atoms with van der Waals surface area (Å²) in [5, 5.41) is 0.754. The van der Waals surface area contributed by atoms with Gasteiger partial charge in [0.15, 0.2) is 0 Å². The van der Waals surface area contributed by atoms with Gasteiger partial charge in [-0.05, 0) is 49.4 Å². The maximum atomic E-state index is 13.2. The van der Waals surface area contributed by atoms with Gasteiger partial charge in [-0.3, -0.25) is 4.79 Å². The molecule has 3 aromatic rings. The number of pyridine rings is 1. The Kier molecular flexibility index (Phi) is 4.77. The number of hydrogen-bond donors (Lipinski definition) is 0. The molecule has 0 N–H and O–H groups in total. The number of unbranched alkanes of at least 4 members (excludes halogenated alkanes) is 1. The van der Waals surface area contributed by atoms with Crippen molar-refractivity contribution in [1.29, 1.82) is 0 Å². The molecule has 0 aliphatic heterocycles. The van der Waals surface area contributed by atoms with E-state index in [9.17, 15) is 13.2 Å². The summed E-state index contributed by atoms with van der Waals surface area (Å²) in [5.41, 5.74) is 1.46. The number of aryl methyl sites for hydroxylation is 2. The monoisotopic (exact) mass is 355 g/mol. The van der Waals surface area contributed by atoms with Crippen LogP contribution in [0.5, 0.6) is 0 Å². The van der Waals surface area contributed by atoms with Crippen LogP contribution < -0.4 is 5.56 Å². The maximum absolute atomic E-state index is 13.2. The lowest BCUT2D eigenvalue weighted by molar-refractivity contribution is 0.586. The van der Waals surface area contributed by atoms with E-state index in [0.29, 0.717) is 17.5 Å². The first-order valence-electron chi connectivity index (χ1n) is 8.41. The molecule has 0 saturated carbocycles. The summed E-state index contributed by atoms with van der Waals surface area (Å²) < 4.78 is 27.3. The van der Waals surface area contributed by atoms with Crippen LogP contribution in [0.3, 0.4) is 0 Å². The van der Waals surface area contributed by atoms with E-state index < -0.39 is 15.6 Å². The topological polar surface area (TPSA) is 56.1 Å². The van der Waals surface area contributed by atoms with Gasteiger partial charge in [0.2, 0.25) is 0 Å². The van der Waals surface area contributed by atoms with E-state index in [1.54, 1.807) is 36.4 Å². The van der Waals surface area contributed by atoms with Crippen LogP contribution in [0.4, 0.5) is 0 Å². The van der Waals surface area contributed by atoms with Crippen LogP contribution in [-0.2, 0) is 16.4 Å². The number of rotatable bonds is 5. The van der Waals surface area contributed by atoms with Crippen LogP contribution >= 0.6 is 0 Å². The summed E-state index contributed by atoms with van der Waals surface area (Å²) in [7, 11) is -3.96. The molecule has 0 atom stereocenters. The van der Waals surface area contributed by atoms with Gasteiger partial charge in [0.1, 0.15) is 0 Å². The number of hydrogen-bond acceptors (Lipinski definition) is 3. The van der Waals surface area contributed by atoms with E-state index in [1.807, 2.05) is 32.0 Å². The van der Waals surface area contributed by atoms with Crippen LogP contribution in [0.15, 0.2) is 64.3 Å². The molecule has 0 fully saturated rings. The van der Waals surface area contributed by atoms with E-state index in [-0.39, 0.29) is 4.90 Å². The smallest absolute Gasteiger partial charge is 0.268 e. The fourth-order valence-corrected chi connectivity index (χ4v) is 4.34. The molecule has 4 nitrogen and oxygen atoms in total. The van der Waals surface area contributed by atoms with Crippen molar-refractivity contribution in [3.63, 3.8) is 0 Å². The Hall–Kier alpha value is -2.40. The Labute approximate surface area is 147 Å². The van der Waals surface area contributed by atoms with Crippen LogP contribution in [0.1, 0.15) is 30.9 Å². The molecule has 0 aliphatic carbocycles. The minimum atomic E-state index is -3.96.